The molecule has 3 N–H and O–H groups in total. The molecule has 1 fully saturated rings. The molecule has 0 saturated heterocycles. The third-order valence-corrected chi connectivity index (χ3v) is 5.30. The van der Waals surface area contributed by atoms with Crippen molar-refractivity contribution in [2.75, 3.05) is 5.73 Å². The Morgan fingerprint density at radius 3 is 2.61 bits per heavy atom. The second-order valence-electron chi connectivity index (χ2n) is 4.89. The van der Waals surface area contributed by atoms with E-state index in [4.69, 9.17) is 17.3 Å². The number of nitrogens with two attached hydrogens (primary N) is 1. The van der Waals surface area contributed by atoms with Crippen molar-refractivity contribution in [1.82, 2.24) is 4.72 Å². The molecule has 1 atom stereocenters. The van der Waals surface area contributed by atoms with Crippen molar-refractivity contribution >= 4 is 27.3 Å². The summed E-state index contributed by atoms with van der Waals surface area (Å²) >= 11 is 5.99. The fourth-order valence-corrected chi connectivity index (χ4v) is 3.80. The Hall–Kier alpha value is -0.780. The van der Waals surface area contributed by atoms with Crippen LogP contribution in [0.5, 0.6) is 0 Å². The second-order valence-corrected chi connectivity index (χ2v) is 6.98. The topological polar surface area (TPSA) is 72.2 Å². The summed E-state index contributed by atoms with van der Waals surface area (Å²) in [5.74, 6) is 0.446. The van der Waals surface area contributed by atoms with Crippen LogP contribution in [-0.2, 0) is 10.0 Å². The van der Waals surface area contributed by atoms with Gasteiger partial charge in [-0.2, -0.15) is 0 Å². The molecule has 0 spiro atoms. The lowest BCUT2D eigenvalue weighted by Crippen LogP contribution is -2.34. The molecule has 0 radical (unpaired) electrons. The first kappa shape index (κ1) is 13.6. The SMILES string of the molecule is Cc1cc(Cl)c(S(=O)(=O)NC(C)C2CC2)cc1N. The summed E-state index contributed by atoms with van der Waals surface area (Å²) in [6.07, 6.45) is 2.15. The van der Waals surface area contributed by atoms with Gasteiger partial charge in [0, 0.05) is 11.7 Å². The molecule has 1 aliphatic rings. The summed E-state index contributed by atoms with van der Waals surface area (Å²) in [7, 11) is -3.60. The zero-order valence-corrected chi connectivity index (χ0v) is 12.0. The lowest BCUT2D eigenvalue weighted by molar-refractivity contribution is 0.538. The first-order valence-electron chi connectivity index (χ1n) is 5.89. The summed E-state index contributed by atoms with van der Waals surface area (Å²) in [5.41, 5.74) is 6.94. The van der Waals surface area contributed by atoms with Crippen molar-refractivity contribution in [2.45, 2.75) is 37.6 Å². The molecule has 1 aromatic rings. The highest BCUT2D eigenvalue weighted by Crippen LogP contribution is 2.34. The Bertz CT molecular complexity index is 568. The van der Waals surface area contributed by atoms with Gasteiger partial charge in [0.1, 0.15) is 4.90 Å². The van der Waals surface area contributed by atoms with Gasteiger partial charge in [0.25, 0.3) is 0 Å². The molecular formula is C12H17ClN2O2S. The number of rotatable bonds is 4. The number of aryl methyl sites for hydroxylation is 1. The molecule has 1 aliphatic carbocycles. The maximum Gasteiger partial charge on any atom is 0.242 e. The molecule has 2 rings (SSSR count). The van der Waals surface area contributed by atoms with Crippen molar-refractivity contribution in [3.8, 4) is 0 Å². The van der Waals surface area contributed by atoms with Gasteiger partial charge in [0.05, 0.1) is 5.02 Å². The molecule has 1 unspecified atom stereocenters. The zero-order chi connectivity index (χ0) is 13.5. The van der Waals surface area contributed by atoms with Crippen molar-refractivity contribution in [1.29, 1.82) is 0 Å². The minimum atomic E-state index is -3.60. The predicted octanol–water partition coefficient (Wildman–Crippen LogP) is 2.31. The minimum absolute atomic E-state index is 0.0553. The van der Waals surface area contributed by atoms with Gasteiger partial charge in [-0.15, -0.1) is 0 Å². The highest BCUT2D eigenvalue weighted by Gasteiger charge is 2.32. The van der Waals surface area contributed by atoms with Gasteiger partial charge in [-0.25, -0.2) is 13.1 Å². The monoisotopic (exact) mass is 288 g/mol. The van der Waals surface area contributed by atoms with Gasteiger partial charge < -0.3 is 5.73 Å². The molecule has 6 heteroatoms. The van der Waals surface area contributed by atoms with E-state index in [2.05, 4.69) is 4.72 Å². The number of halogens is 1. The van der Waals surface area contributed by atoms with E-state index in [1.807, 2.05) is 6.92 Å². The molecule has 4 nitrogen and oxygen atoms in total. The van der Waals surface area contributed by atoms with E-state index in [0.29, 0.717) is 11.6 Å². The molecule has 0 heterocycles. The van der Waals surface area contributed by atoms with Crippen molar-refractivity contribution < 1.29 is 8.42 Å². The summed E-state index contributed by atoms with van der Waals surface area (Å²) < 4.78 is 27.1. The molecule has 0 amide bonds. The molecule has 1 saturated carbocycles. The minimum Gasteiger partial charge on any atom is -0.398 e. The summed E-state index contributed by atoms with van der Waals surface area (Å²) in [4.78, 5) is 0.0553. The largest absolute Gasteiger partial charge is 0.398 e. The molecule has 100 valence electrons. The number of hydrogen-bond donors (Lipinski definition) is 2. The zero-order valence-electron chi connectivity index (χ0n) is 10.4. The van der Waals surface area contributed by atoms with Crippen LogP contribution in [0.25, 0.3) is 0 Å². The average molecular weight is 289 g/mol. The number of hydrogen-bond acceptors (Lipinski definition) is 3. The van der Waals surface area contributed by atoms with Gasteiger partial charge in [0.15, 0.2) is 0 Å². The van der Waals surface area contributed by atoms with Gasteiger partial charge in [0.2, 0.25) is 10.0 Å². The Kier molecular flexibility index (Phi) is 3.58. The van der Waals surface area contributed by atoms with E-state index in [1.165, 1.54) is 6.07 Å². The summed E-state index contributed by atoms with van der Waals surface area (Å²) in [6.45, 7) is 3.67. The van der Waals surface area contributed by atoms with Crippen molar-refractivity contribution in [2.24, 2.45) is 5.92 Å². The molecule has 0 aromatic heterocycles. The predicted molar refractivity (Wildman–Crippen MR) is 73.1 cm³/mol. The fourth-order valence-electron chi connectivity index (χ4n) is 1.88. The molecule has 0 bridgehead atoms. The number of nitrogens with one attached hydrogen (secondary N) is 1. The Morgan fingerprint density at radius 1 is 1.44 bits per heavy atom. The smallest absolute Gasteiger partial charge is 0.242 e. The van der Waals surface area contributed by atoms with Crippen LogP contribution in [0, 0.1) is 12.8 Å². The average Bonchev–Trinajstić information content (AvgIpc) is 3.05. The molecule has 18 heavy (non-hydrogen) atoms. The summed E-state index contributed by atoms with van der Waals surface area (Å²) in [6, 6.07) is 2.93. The third kappa shape index (κ3) is 2.79. The van der Waals surface area contributed by atoms with Crippen LogP contribution in [0.1, 0.15) is 25.3 Å². The quantitative estimate of drug-likeness (QED) is 0.835. The van der Waals surface area contributed by atoms with Gasteiger partial charge in [-0.05, 0) is 50.3 Å². The van der Waals surface area contributed by atoms with Crippen LogP contribution in [0.3, 0.4) is 0 Å². The highest BCUT2D eigenvalue weighted by molar-refractivity contribution is 7.89. The van der Waals surface area contributed by atoms with Gasteiger partial charge in [-0.3, -0.25) is 0 Å². The van der Waals surface area contributed by atoms with E-state index >= 15 is 0 Å². The van der Waals surface area contributed by atoms with Gasteiger partial charge in [-0.1, -0.05) is 11.6 Å². The third-order valence-electron chi connectivity index (χ3n) is 3.28. The van der Waals surface area contributed by atoms with Crippen LogP contribution in [0.4, 0.5) is 5.69 Å². The van der Waals surface area contributed by atoms with E-state index in [9.17, 15) is 8.42 Å². The number of benzene rings is 1. The second kappa shape index (κ2) is 4.72. The standard InChI is InChI=1S/C12H17ClN2O2S/c1-7-5-10(13)12(6-11(7)14)18(16,17)15-8(2)9-3-4-9/h5-6,8-9,15H,3-4,14H2,1-2H3. The maximum atomic E-state index is 12.2. The first-order valence-corrected chi connectivity index (χ1v) is 7.75. The van der Waals surface area contributed by atoms with Crippen LogP contribution in [0.15, 0.2) is 17.0 Å². The van der Waals surface area contributed by atoms with E-state index in [1.54, 1.807) is 13.0 Å². The van der Waals surface area contributed by atoms with E-state index in [0.717, 1.165) is 18.4 Å². The fraction of sp³-hybridized carbons (Fsp3) is 0.500. The van der Waals surface area contributed by atoms with Crippen LogP contribution in [-0.4, -0.2) is 14.5 Å². The highest BCUT2D eigenvalue weighted by atomic mass is 35.5. The lowest BCUT2D eigenvalue weighted by atomic mass is 10.2. The number of anilines is 1. The van der Waals surface area contributed by atoms with E-state index in [-0.39, 0.29) is 16.0 Å². The van der Waals surface area contributed by atoms with Crippen LogP contribution < -0.4 is 10.5 Å². The lowest BCUT2D eigenvalue weighted by Gasteiger charge is -2.15. The van der Waals surface area contributed by atoms with Crippen molar-refractivity contribution in [3.63, 3.8) is 0 Å². The number of sulfonamides is 1. The Balaban J connectivity index is 2.31. The van der Waals surface area contributed by atoms with Crippen LogP contribution >= 0.6 is 11.6 Å². The number of nitrogen functional groups attached to an aromatic ring is 1. The normalized spacial score (nSPS) is 17.7. The molecule has 0 aliphatic heterocycles. The molecular weight excluding hydrogens is 272 g/mol. The Morgan fingerprint density at radius 2 is 2.06 bits per heavy atom. The summed E-state index contributed by atoms with van der Waals surface area (Å²) in [5, 5.41) is 0.206. The maximum absolute atomic E-state index is 12.2. The van der Waals surface area contributed by atoms with E-state index < -0.39 is 10.0 Å². The molecule has 1 aromatic carbocycles. The Labute approximate surface area is 113 Å². The van der Waals surface area contributed by atoms with Gasteiger partial charge >= 0.3 is 0 Å². The van der Waals surface area contributed by atoms with Crippen molar-refractivity contribution in [3.05, 3.63) is 22.7 Å². The van der Waals surface area contributed by atoms with Crippen LogP contribution in [0.2, 0.25) is 5.02 Å². The first-order chi connectivity index (χ1) is 8.31.